The van der Waals surface area contributed by atoms with Gasteiger partial charge in [-0.2, -0.15) is 5.21 Å². The summed E-state index contributed by atoms with van der Waals surface area (Å²) >= 11 is 0. The highest BCUT2D eigenvalue weighted by Gasteiger charge is 2.46. The number of nitrogens with zero attached hydrogens (tertiary/aromatic N) is 5. The first-order valence-electron chi connectivity index (χ1n) is 2.26. The van der Waals surface area contributed by atoms with Gasteiger partial charge < -0.3 is 5.10 Å². The zero-order valence-corrected chi connectivity index (χ0v) is 4.81. The second-order valence-corrected chi connectivity index (χ2v) is 1.50. The van der Waals surface area contributed by atoms with E-state index in [1.54, 1.807) is 0 Å². The molecule has 0 aliphatic rings. The Bertz CT molecular complexity index is 257. The first-order valence-corrected chi connectivity index (χ1v) is 2.26. The molecule has 0 aromatic carbocycles. The second-order valence-electron chi connectivity index (χ2n) is 1.50. The molecule has 0 fully saturated rings. The number of halogens is 2. The van der Waals surface area contributed by atoms with Crippen LogP contribution in [0.2, 0.25) is 0 Å². The molecule has 0 aliphatic carbocycles. The van der Waals surface area contributed by atoms with E-state index in [-0.39, 0.29) is 0 Å². The normalized spacial score (nSPS) is 11.5. The molecule has 1 heterocycles. The van der Waals surface area contributed by atoms with Crippen molar-refractivity contribution < 1.29 is 13.7 Å². The highest BCUT2D eigenvalue weighted by molar-refractivity contribution is 4.81. The van der Waals surface area contributed by atoms with Gasteiger partial charge in [0, 0.05) is 0 Å². The predicted molar refractivity (Wildman–Crippen MR) is 24.0 cm³/mol. The lowest BCUT2D eigenvalue weighted by Gasteiger charge is -2.04. The molecule has 1 aromatic rings. The number of tetrazole rings is 1. The van der Waals surface area contributed by atoms with E-state index in [1.165, 1.54) is 0 Å². The zero-order chi connectivity index (χ0) is 8.48. The first-order chi connectivity index (χ1) is 5.05. The Morgan fingerprint density at radius 1 is 1.64 bits per heavy atom. The van der Waals surface area contributed by atoms with E-state index in [0.29, 0.717) is 0 Å². The summed E-state index contributed by atoms with van der Waals surface area (Å²) in [6, 6.07) is -4.30. The number of nitro groups is 1. The summed E-state index contributed by atoms with van der Waals surface area (Å²) in [5, 5.41) is 20.3. The Balaban J connectivity index is 3.00. The molecule has 0 aliphatic heterocycles. The second kappa shape index (κ2) is 2.18. The van der Waals surface area contributed by atoms with Crippen molar-refractivity contribution in [2.75, 3.05) is 0 Å². The molecule has 0 unspecified atom stereocenters. The van der Waals surface area contributed by atoms with Gasteiger partial charge in [0.25, 0.3) is 0 Å². The molecular formula is C2F2N5O2-. The largest absolute Gasteiger partial charge is 0.546 e. The van der Waals surface area contributed by atoms with Crippen molar-refractivity contribution >= 4 is 0 Å². The molecule has 60 valence electrons. The average molecular weight is 164 g/mol. The standard InChI is InChI=1S/C2F2N5O2/c3-2(4,9(10)11)1-5-7-8-6-1/q-1. The van der Waals surface area contributed by atoms with E-state index in [9.17, 15) is 18.9 Å². The van der Waals surface area contributed by atoms with Crippen LogP contribution in [-0.2, 0) is 6.05 Å². The fourth-order valence-corrected chi connectivity index (χ4v) is 0.347. The molecule has 0 atom stereocenters. The average Bonchev–Trinajstić information content (AvgIpc) is 2.37. The Labute approximate surface area is 57.6 Å². The summed E-state index contributed by atoms with van der Waals surface area (Å²) in [7, 11) is 0. The van der Waals surface area contributed by atoms with Crippen LogP contribution in [-0.4, -0.2) is 20.4 Å². The maximum atomic E-state index is 12.2. The molecule has 0 bridgehead atoms. The molecule has 0 saturated heterocycles. The molecule has 0 N–H and O–H groups in total. The summed E-state index contributed by atoms with van der Waals surface area (Å²) in [5.41, 5.74) is 0. The van der Waals surface area contributed by atoms with Crippen molar-refractivity contribution in [1.29, 1.82) is 0 Å². The van der Waals surface area contributed by atoms with Gasteiger partial charge in [0.2, 0.25) is 0 Å². The van der Waals surface area contributed by atoms with E-state index in [0.717, 1.165) is 0 Å². The summed E-state index contributed by atoms with van der Waals surface area (Å²) in [6.45, 7) is 0. The van der Waals surface area contributed by atoms with Gasteiger partial charge in [-0.05, 0) is 0 Å². The van der Waals surface area contributed by atoms with Gasteiger partial charge in [0.05, 0.1) is 0 Å². The quantitative estimate of drug-likeness (QED) is 0.321. The van der Waals surface area contributed by atoms with Gasteiger partial charge in [-0.25, -0.2) is 0 Å². The van der Waals surface area contributed by atoms with Crippen molar-refractivity contribution in [3.05, 3.63) is 15.9 Å². The van der Waals surface area contributed by atoms with Gasteiger partial charge in [0.15, 0.2) is 5.82 Å². The minimum atomic E-state index is -4.30. The SMILES string of the molecule is O=[N+]([O-])C(F)(F)c1nnn[n-]1. The maximum Gasteiger partial charge on any atom is 0.546 e. The summed E-state index contributed by atoms with van der Waals surface area (Å²) in [5.74, 6) is -1.30. The Kier molecular flexibility index (Phi) is 1.47. The van der Waals surface area contributed by atoms with Gasteiger partial charge in [-0.15, -0.1) is 8.78 Å². The van der Waals surface area contributed by atoms with E-state index in [2.05, 4.69) is 20.6 Å². The number of hydrogen-bond acceptors (Lipinski definition) is 5. The molecule has 0 amide bonds. The van der Waals surface area contributed by atoms with Gasteiger partial charge in [-0.1, -0.05) is 0 Å². The fraction of sp³-hybridized carbons (Fsp3) is 0.500. The third kappa shape index (κ3) is 1.11. The Hall–Kier alpha value is -1.67. The number of aromatic nitrogens is 4. The van der Waals surface area contributed by atoms with E-state index >= 15 is 0 Å². The van der Waals surface area contributed by atoms with Crippen LogP contribution in [0.15, 0.2) is 0 Å². The van der Waals surface area contributed by atoms with Crippen LogP contribution < -0.4 is 5.10 Å². The van der Waals surface area contributed by atoms with E-state index in [4.69, 9.17) is 0 Å². The van der Waals surface area contributed by atoms with Crippen LogP contribution in [0, 0.1) is 10.1 Å². The van der Waals surface area contributed by atoms with Crippen LogP contribution in [0.4, 0.5) is 8.78 Å². The molecule has 1 rings (SSSR count). The minimum absolute atomic E-state index is 1.30. The Morgan fingerprint density at radius 3 is 2.64 bits per heavy atom. The lowest BCUT2D eigenvalue weighted by Crippen LogP contribution is -2.26. The van der Waals surface area contributed by atoms with Crippen molar-refractivity contribution in [2.45, 2.75) is 6.05 Å². The zero-order valence-electron chi connectivity index (χ0n) is 4.81. The summed E-state index contributed by atoms with van der Waals surface area (Å²) in [4.78, 5) is 7.83. The number of alkyl halides is 2. The molecule has 7 nitrogen and oxygen atoms in total. The van der Waals surface area contributed by atoms with E-state index < -0.39 is 16.8 Å². The third-order valence-corrected chi connectivity index (χ3v) is 0.817. The smallest absolute Gasteiger partial charge is 0.323 e. The molecule has 1 aromatic heterocycles. The van der Waals surface area contributed by atoms with Gasteiger partial charge in [-0.3, -0.25) is 20.4 Å². The molecule has 9 heteroatoms. The predicted octanol–water partition coefficient (Wildman–Crippen LogP) is -0.845. The molecule has 0 spiro atoms. The topological polar surface area (TPSA) is 95.9 Å². The van der Waals surface area contributed by atoms with Crippen LogP contribution in [0.1, 0.15) is 5.82 Å². The fourth-order valence-electron chi connectivity index (χ4n) is 0.347. The van der Waals surface area contributed by atoms with Crippen LogP contribution in [0.3, 0.4) is 0 Å². The first kappa shape index (κ1) is 7.44. The van der Waals surface area contributed by atoms with Crippen LogP contribution in [0.25, 0.3) is 0 Å². The van der Waals surface area contributed by atoms with Crippen LogP contribution >= 0.6 is 0 Å². The molecule has 11 heavy (non-hydrogen) atoms. The van der Waals surface area contributed by atoms with Crippen molar-refractivity contribution in [3.63, 3.8) is 0 Å². The third-order valence-electron chi connectivity index (χ3n) is 0.817. The molecular weight excluding hydrogens is 164 g/mol. The number of rotatable bonds is 2. The van der Waals surface area contributed by atoms with Crippen molar-refractivity contribution in [2.24, 2.45) is 0 Å². The molecule has 0 saturated carbocycles. The highest BCUT2D eigenvalue weighted by atomic mass is 19.3. The summed E-state index contributed by atoms with van der Waals surface area (Å²) < 4.78 is 24.4. The minimum Gasteiger partial charge on any atom is -0.323 e. The lowest BCUT2D eigenvalue weighted by molar-refractivity contribution is -0.658. The van der Waals surface area contributed by atoms with Gasteiger partial charge in [0.1, 0.15) is 4.92 Å². The van der Waals surface area contributed by atoms with Crippen molar-refractivity contribution in [3.8, 4) is 0 Å². The Morgan fingerprint density at radius 2 is 2.27 bits per heavy atom. The van der Waals surface area contributed by atoms with Gasteiger partial charge >= 0.3 is 6.05 Å². The highest BCUT2D eigenvalue weighted by Crippen LogP contribution is 2.22. The van der Waals surface area contributed by atoms with Crippen LogP contribution in [0.5, 0.6) is 0 Å². The van der Waals surface area contributed by atoms with E-state index in [1.807, 2.05) is 0 Å². The maximum absolute atomic E-state index is 12.2. The lowest BCUT2D eigenvalue weighted by atomic mass is 10.5. The summed E-state index contributed by atoms with van der Waals surface area (Å²) in [6.07, 6.45) is 0. The molecule has 0 radical (unpaired) electrons. The number of hydrogen-bond donors (Lipinski definition) is 0. The monoisotopic (exact) mass is 164 g/mol. The van der Waals surface area contributed by atoms with Crippen molar-refractivity contribution in [1.82, 2.24) is 20.6 Å².